The molecule has 0 saturated carbocycles. The predicted octanol–water partition coefficient (Wildman–Crippen LogP) is 5.21. The highest BCUT2D eigenvalue weighted by molar-refractivity contribution is 7.98. The lowest BCUT2D eigenvalue weighted by Crippen LogP contribution is -2.33. The van der Waals surface area contributed by atoms with Crippen LogP contribution in [0.5, 0.6) is 0 Å². The van der Waals surface area contributed by atoms with Gasteiger partial charge in [-0.15, -0.1) is 0 Å². The number of sulfonamides is 1. The van der Waals surface area contributed by atoms with Gasteiger partial charge in [-0.05, 0) is 55.2 Å². The van der Waals surface area contributed by atoms with Gasteiger partial charge in [-0.3, -0.25) is 9.10 Å². The second kappa shape index (κ2) is 12.0. The first kappa shape index (κ1) is 25.8. The van der Waals surface area contributed by atoms with Crippen molar-refractivity contribution in [3.05, 3.63) is 63.1 Å². The van der Waals surface area contributed by atoms with Gasteiger partial charge >= 0.3 is 0 Å². The van der Waals surface area contributed by atoms with Crippen molar-refractivity contribution in [2.45, 2.75) is 32.4 Å². The van der Waals surface area contributed by atoms with E-state index in [1.54, 1.807) is 17.8 Å². The van der Waals surface area contributed by atoms with Crippen molar-refractivity contribution in [1.82, 2.24) is 5.32 Å². The van der Waals surface area contributed by atoms with Crippen LogP contribution >= 0.6 is 35.0 Å². The highest BCUT2D eigenvalue weighted by atomic mass is 35.5. The summed E-state index contributed by atoms with van der Waals surface area (Å²) in [7, 11) is -3.44. The van der Waals surface area contributed by atoms with Gasteiger partial charge in [0.2, 0.25) is 15.9 Å². The molecule has 2 aromatic rings. The molecule has 0 spiro atoms. The molecule has 170 valence electrons. The highest BCUT2D eigenvalue weighted by Gasteiger charge is 2.19. The number of hydrogen-bond acceptors (Lipinski definition) is 4. The summed E-state index contributed by atoms with van der Waals surface area (Å²) in [5, 5.41) is 4.16. The van der Waals surface area contributed by atoms with E-state index < -0.39 is 10.0 Å². The van der Waals surface area contributed by atoms with Crippen molar-refractivity contribution in [2.24, 2.45) is 0 Å². The van der Waals surface area contributed by atoms with Gasteiger partial charge in [0.15, 0.2) is 0 Å². The number of nitrogens with zero attached hydrogens (tertiary/aromatic N) is 1. The molecular weight excluding hydrogens is 475 g/mol. The van der Waals surface area contributed by atoms with Crippen molar-refractivity contribution < 1.29 is 13.2 Å². The van der Waals surface area contributed by atoms with Crippen LogP contribution in [0.1, 0.15) is 29.5 Å². The van der Waals surface area contributed by atoms with E-state index in [0.717, 1.165) is 22.4 Å². The summed E-state index contributed by atoms with van der Waals surface area (Å²) in [5.41, 5.74) is 3.51. The molecule has 0 aliphatic heterocycles. The maximum Gasteiger partial charge on any atom is 0.232 e. The van der Waals surface area contributed by atoms with E-state index in [-0.39, 0.29) is 18.9 Å². The number of halogens is 2. The minimum Gasteiger partial charge on any atom is -0.355 e. The lowest BCUT2D eigenvalue weighted by molar-refractivity contribution is -0.121. The summed E-state index contributed by atoms with van der Waals surface area (Å²) >= 11 is 13.9. The molecule has 5 nitrogen and oxygen atoms in total. The molecule has 0 aromatic heterocycles. The van der Waals surface area contributed by atoms with Crippen LogP contribution in [-0.4, -0.2) is 39.4 Å². The minimum atomic E-state index is -3.44. The summed E-state index contributed by atoms with van der Waals surface area (Å²) in [6.07, 6.45) is 1.89. The Kier molecular flexibility index (Phi) is 10.0. The number of nitrogens with one attached hydrogen (secondary N) is 1. The molecule has 0 fully saturated rings. The quantitative estimate of drug-likeness (QED) is 0.428. The Labute approximate surface area is 199 Å². The summed E-state index contributed by atoms with van der Waals surface area (Å²) in [4.78, 5) is 12.1. The normalized spacial score (nSPS) is 11.4. The van der Waals surface area contributed by atoms with Crippen LogP contribution in [0.3, 0.4) is 0 Å². The number of carbonyl (C=O) groups is 1. The van der Waals surface area contributed by atoms with Crippen molar-refractivity contribution in [3.63, 3.8) is 0 Å². The molecular formula is C22H28Cl2N2O3S2. The Hall–Kier alpha value is -1.41. The van der Waals surface area contributed by atoms with Crippen molar-refractivity contribution >= 4 is 56.6 Å². The van der Waals surface area contributed by atoms with Crippen molar-refractivity contribution in [3.8, 4) is 0 Å². The largest absolute Gasteiger partial charge is 0.355 e. The Balaban J connectivity index is 1.76. The van der Waals surface area contributed by atoms with Gasteiger partial charge in [0, 0.05) is 41.1 Å². The molecule has 0 bridgehead atoms. The smallest absolute Gasteiger partial charge is 0.232 e. The maximum absolute atomic E-state index is 12.3. The van der Waals surface area contributed by atoms with E-state index in [1.165, 1.54) is 10.6 Å². The van der Waals surface area contributed by atoms with Gasteiger partial charge < -0.3 is 5.32 Å². The van der Waals surface area contributed by atoms with E-state index in [1.807, 2.05) is 44.2 Å². The van der Waals surface area contributed by atoms with Crippen molar-refractivity contribution in [1.29, 1.82) is 0 Å². The Morgan fingerprint density at radius 2 is 1.74 bits per heavy atom. The van der Waals surface area contributed by atoms with Gasteiger partial charge in [0.1, 0.15) is 0 Å². The van der Waals surface area contributed by atoms with E-state index in [9.17, 15) is 13.2 Å². The number of thioether (sulfide) groups is 1. The summed E-state index contributed by atoms with van der Waals surface area (Å²) in [6.45, 7) is 4.64. The topological polar surface area (TPSA) is 66.5 Å². The Morgan fingerprint density at radius 1 is 1.10 bits per heavy atom. The van der Waals surface area contributed by atoms with Crippen LogP contribution in [0.25, 0.3) is 0 Å². The van der Waals surface area contributed by atoms with Gasteiger partial charge in [0.05, 0.1) is 11.9 Å². The molecule has 0 radical (unpaired) electrons. The average Bonchev–Trinajstić information content (AvgIpc) is 2.68. The molecule has 0 saturated heterocycles. The third kappa shape index (κ3) is 7.90. The first-order chi connectivity index (χ1) is 14.6. The Bertz CT molecular complexity index is 994. The fourth-order valence-electron chi connectivity index (χ4n) is 3.05. The van der Waals surface area contributed by atoms with E-state index >= 15 is 0 Å². The van der Waals surface area contributed by atoms with E-state index in [4.69, 9.17) is 23.2 Å². The molecule has 31 heavy (non-hydrogen) atoms. The van der Waals surface area contributed by atoms with Crippen LogP contribution in [0.4, 0.5) is 5.69 Å². The highest BCUT2D eigenvalue weighted by Crippen LogP contribution is 2.28. The molecule has 1 N–H and O–H groups in total. The molecule has 0 atom stereocenters. The minimum absolute atomic E-state index is 0.0919. The first-order valence-electron chi connectivity index (χ1n) is 9.92. The number of anilines is 1. The van der Waals surface area contributed by atoms with Crippen LogP contribution in [0.2, 0.25) is 10.0 Å². The number of hydrogen-bond donors (Lipinski definition) is 1. The van der Waals surface area contributed by atoms with Gasteiger partial charge in [-0.1, -0.05) is 41.4 Å². The zero-order chi connectivity index (χ0) is 23.0. The fraction of sp³-hybridized carbons (Fsp3) is 0.409. The molecule has 2 aromatic carbocycles. The molecule has 2 rings (SSSR count). The maximum atomic E-state index is 12.3. The Morgan fingerprint density at radius 3 is 2.39 bits per heavy atom. The summed E-state index contributed by atoms with van der Waals surface area (Å²) in [5.74, 6) is 1.31. The summed E-state index contributed by atoms with van der Waals surface area (Å²) < 4.78 is 25.9. The van der Waals surface area contributed by atoms with Crippen LogP contribution in [0, 0.1) is 13.8 Å². The van der Waals surface area contributed by atoms with E-state index in [2.05, 4.69) is 5.32 Å². The molecule has 0 aliphatic carbocycles. The lowest BCUT2D eigenvalue weighted by atomic mass is 10.1. The molecule has 0 aliphatic rings. The number of amides is 1. The standard InChI is InChI=1S/C22H28Cl2N2O3S2/c1-16-7-4-10-21(17(16)2)26(31(3,28)29)13-6-11-22(27)25-12-14-30-15-18-19(23)8-5-9-20(18)24/h4-5,7-10H,6,11-15H2,1-3H3,(H,25,27). The third-order valence-corrected chi connectivity index (χ3v) is 7.76. The second-order valence-electron chi connectivity index (χ2n) is 7.26. The second-order valence-corrected chi connectivity index (χ2v) is 11.1. The number of benzene rings is 2. The molecule has 0 unspecified atom stereocenters. The summed E-state index contributed by atoms with van der Waals surface area (Å²) in [6, 6.07) is 11.0. The SMILES string of the molecule is Cc1cccc(N(CCCC(=O)NCCSCc2c(Cl)cccc2Cl)S(C)(=O)=O)c1C. The third-order valence-electron chi connectivity index (χ3n) is 4.89. The number of carbonyl (C=O) groups excluding carboxylic acids is 1. The zero-order valence-corrected chi connectivity index (χ0v) is 21.1. The number of aryl methyl sites for hydroxylation is 1. The van der Waals surface area contributed by atoms with Gasteiger partial charge in [0.25, 0.3) is 0 Å². The van der Waals surface area contributed by atoms with Crippen LogP contribution < -0.4 is 9.62 Å². The molecule has 9 heteroatoms. The monoisotopic (exact) mass is 502 g/mol. The van der Waals surface area contributed by atoms with Crippen LogP contribution in [-0.2, 0) is 20.6 Å². The fourth-order valence-corrected chi connectivity index (χ4v) is 5.66. The van der Waals surface area contributed by atoms with E-state index in [0.29, 0.717) is 34.5 Å². The zero-order valence-electron chi connectivity index (χ0n) is 18.0. The van der Waals surface area contributed by atoms with Crippen molar-refractivity contribution in [2.75, 3.05) is 29.4 Å². The molecule has 0 heterocycles. The van der Waals surface area contributed by atoms with Crippen LogP contribution in [0.15, 0.2) is 36.4 Å². The lowest BCUT2D eigenvalue weighted by Gasteiger charge is -2.24. The first-order valence-corrected chi connectivity index (χ1v) is 13.7. The molecule has 1 amide bonds. The predicted molar refractivity (Wildman–Crippen MR) is 133 cm³/mol. The van der Waals surface area contributed by atoms with Gasteiger partial charge in [-0.25, -0.2) is 8.42 Å². The number of rotatable bonds is 11. The van der Waals surface area contributed by atoms with Gasteiger partial charge in [-0.2, -0.15) is 11.8 Å². The average molecular weight is 504 g/mol.